The number of anilines is 1. The van der Waals surface area contributed by atoms with Gasteiger partial charge >= 0.3 is 0 Å². The Labute approximate surface area is 100 Å². The van der Waals surface area contributed by atoms with Crippen LogP contribution >= 0.6 is 0 Å². The second-order valence-electron chi connectivity index (χ2n) is 4.89. The van der Waals surface area contributed by atoms with E-state index in [9.17, 15) is 9.18 Å². The SMILES string of the molecule is CC1CC(C)N(C(=O)c2ccc(N)cc2F)C1. The normalized spacial score (nSPS) is 24.1. The topological polar surface area (TPSA) is 46.3 Å². The first kappa shape index (κ1) is 11.9. The van der Waals surface area contributed by atoms with Crippen LogP contribution in [0, 0.1) is 11.7 Å². The van der Waals surface area contributed by atoms with Crippen molar-refractivity contribution in [2.45, 2.75) is 26.3 Å². The summed E-state index contributed by atoms with van der Waals surface area (Å²) >= 11 is 0. The summed E-state index contributed by atoms with van der Waals surface area (Å²) in [7, 11) is 0. The zero-order valence-corrected chi connectivity index (χ0v) is 10.1. The van der Waals surface area contributed by atoms with Gasteiger partial charge in [-0.15, -0.1) is 0 Å². The Morgan fingerprint density at radius 3 is 2.71 bits per heavy atom. The largest absolute Gasteiger partial charge is 0.399 e. The van der Waals surface area contributed by atoms with Gasteiger partial charge in [-0.1, -0.05) is 6.92 Å². The van der Waals surface area contributed by atoms with E-state index in [1.165, 1.54) is 12.1 Å². The highest BCUT2D eigenvalue weighted by Crippen LogP contribution is 2.25. The Bertz CT molecular complexity index is 447. The summed E-state index contributed by atoms with van der Waals surface area (Å²) in [5.41, 5.74) is 5.91. The molecule has 4 heteroatoms. The fraction of sp³-hybridized carbons (Fsp3) is 0.462. The third-order valence-electron chi connectivity index (χ3n) is 3.27. The minimum Gasteiger partial charge on any atom is -0.399 e. The average Bonchev–Trinajstić information content (AvgIpc) is 2.57. The molecule has 1 aliphatic rings. The van der Waals surface area contributed by atoms with Crippen LogP contribution in [0.5, 0.6) is 0 Å². The van der Waals surface area contributed by atoms with Gasteiger partial charge in [0.15, 0.2) is 0 Å². The fourth-order valence-corrected chi connectivity index (χ4v) is 2.44. The molecular formula is C13H17FN2O. The van der Waals surface area contributed by atoms with Crippen molar-refractivity contribution in [1.29, 1.82) is 0 Å². The molecule has 0 aliphatic carbocycles. The molecule has 0 saturated carbocycles. The molecule has 1 aromatic carbocycles. The Kier molecular flexibility index (Phi) is 3.05. The summed E-state index contributed by atoms with van der Waals surface area (Å²) < 4.78 is 13.7. The second kappa shape index (κ2) is 4.35. The van der Waals surface area contributed by atoms with Gasteiger partial charge in [0.05, 0.1) is 5.56 Å². The molecule has 3 nitrogen and oxygen atoms in total. The van der Waals surface area contributed by atoms with E-state index in [-0.39, 0.29) is 17.5 Å². The molecule has 92 valence electrons. The number of benzene rings is 1. The number of carbonyl (C=O) groups is 1. The van der Waals surface area contributed by atoms with Crippen LogP contribution in [0.25, 0.3) is 0 Å². The molecule has 0 bridgehead atoms. The Morgan fingerprint density at radius 1 is 1.47 bits per heavy atom. The van der Waals surface area contributed by atoms with Crippen LogP contribution in [-0.4, -0.2) is 23.4 Å². The summed E-state index contributed by atoms with van der Waals surface area (Å²) in [5, 5.41) is 0. The molecule has 2 rings (SSSR count). The molecule has 1 heterocycles. The average molecular weight is 236 g/mol. The first-order valence-corrected chi connectivity index (χ1v) is 5.85. The molecule has 1 aliphatic heterocycles. The summed E-state index contributed by atoms with van der Waals surface area (Å²) in [6, 6.07) is 4.38. The molecule has 1 aromatic rings. The van der Waals surface area contributed by atoms with Gasteiger partial charge < -0.3 is 10.6 Å². The number of rotatable bonds is 1. The fourth-order valence-electron chi connectivity index (χ4n) is 2.44. The number of nitrogens with zero attached hydrogens (tertiary/aromatic N) is 1. The third-order valence-corrected chi connectivity index (χ3v) is 3.27. The van der Waals surface area contributed by atoms with Crippen LogP contribution in [0.2, 0.25) is 0 Å². The molecule has 0 spiro atoms. The molecule has 0 aromatic heterocycles. The van der Waals surface area contributed by atoms with Gasteiger partial charge in [0.25, 0.3) is 5.91 Å². The third kappa shape index (κ3) is 2.25. The van der Waals surface area contributed by atoms with Crippen LogP contribution in [-0.2, 0) is 0 Å². The molecule has 2 unspecified atom stereocenters. The van der Waals surface area contributed by atoms with Crippen molar-refractivity contribution in [1.82, 2.24) is 4.90 Å². The van der Waals surface area contributed by atoms with E-state index >= 15 is 0 Å². The molecule has 1 fully saturated rings. The van der Waals surface area contributed by atoms with Crippen molar-refractivity contribution in [3.05, 3.63) is 29.6 Å². The van der Waals surface area contributed by atoms with Crippen LogP contribution in [0.15, 0.2) is 18.2 Å². The molecular weight excluding hydrogens is 219 g/mol. The zero-order valence-electron chi connectivity index (χ0n) is 10.1. The van der Waals surface area contributed by atoms with Crippen molar-refractivity contribution in [3.63, 3.8) is 0 Å². The number of halogens is 1. The van der Waals surface area contributed by atoms with Crippen molar-refractivity contribution in [3.8, 4) is 0 Å². The summed E-state index contributed by atoms with van der Waals surface area (Å²) in [6.45, 7) is 4.80. The van der Waals surface area contributed by atoms with E-state index in [1.807, 2.05) is 6.92 Å². The standard InChI is InChI=1S/C13H17FN2O/c1-8-5-9(2)16(7-8)13(17)11-4-3-10(15)6-12(11)14/h3-4,6,8-9H,5,7,15H2,1-2H3. The smallest absolute Gasteiger partial charge is 0.257 e. The summed E-state index contributed by atoms with van der Waals surface area (Å²) in [6.07, 6.45) is 0.975. The second-order valence-corrected chi connectivity index (χ2v) is 4.89. The van der Waals surface area contributed by atoms with Gasteiger partial charge in [0, 0.05) is 18.3 Å². The molecule has 2 N–H and O–H groups in total. The van der Waals surface area contributed by atoms with E-state index in [0.717, 1.165) is 6.42 Å². The predicted molar refractivity (Wildman–Crippen MR) is 65.1 cm³/mol. The highest BCUT2D eigenvalue weighted by molar-refractivity contribution is 5.95. The predicted octanol–water partition coefficient (Wildman–Crippen LogP) is 2.28. The zero-order chi connectivity index (χ0) is 12.6. The quantitative estimate of drug-likeness (QED) is 0.760. The van der Waals surface area contributed by atoms with Crippen molar-refractivity contribution in [2.24, 2.45) is 5.92 Å². The molecule has 0 radical (unpaired) electrons. The Balaban J connectivity index is 2.25. The number of carbonyl (C=O) groups excluding carboxylic acids is 1. The molecule has 1 amide bonds. The highest BCUT2D eigenvalue weighted by Gasteiger charge is 2.31. The lowest BCUT2D eigenvalue weighted by Gasteiger charge is -2.21. The molecule has 1 saturated heterocycles. The van der Waals surface area contributed by atoms with Gasteiger partial charge in [-0.05, 0) is 37.5 Å². The van der Waals surface area contributed by atoms with Crippen molar-refractivity contribution >= 4 is 11.6 Å². The number of likely N-dealkylation sites (tertiary alicyclic amines) is 1. The monoisotopic (exact) mass is 236 g/mol. The summed E-state index contributed by atoms with van der Waals surface area (Å²) in [4.78, 5) is 13.9. The maximum Gasteiger partial charge on any atom is 0.257 e. The minimum atomic E-state index is -0.540. The van der Waals surface area contributed by atoms with Crippen molar-refractivity contribution < 1.29 is 9.18 Å². The lowest BCUT2D eigenvalue weighted by Crippen LogP contribution is -2.34. The number of hydrogen-bond donors (Lipinski definition) is 1. The van der Waals surface area contributed by atoms with Crippen LogP contribution in [0.1, 0.15) is 30.6 Å². The van der Waals surface area contributed by atoms with Gasteiger partial charge in [-0.25, -0.2) is 4.39 Å². The maximum atomic E-state index is 13.7. The lowest BCUT2D eigenvalue weighted by atomic mass is 10.1. The number of nitrogens with two attached hydrogens (primary N) is 1. The van der Waals surface area contributed by atoms with Gasteiger partial charge in [-0.3, -0.25) is 4.79 Å². The first-order chi connectivity index (χ1) is 7.99. The lowest BCUT2D eigenvalue weighted by molar-refractivity contribution is 0.0739. The van der Waals surface area contributed by atoms with Gasteiger partial charge in [0.1, 0.15) is 5.82 Å². The first-order valence-electron chi connectivity index (χ1n) is 5.85. The van der Waals surface area contributed by atoms with Crippen LogP contribution in [0.3, 0.4) is 0 Å². The van der Waals surface area contributed by atoms with Crippen LogP contribution in [0.4, 0.5) is 10.1 Å². The van der Waals surface area contributed by atoms with E-state index < -0.39 is 5.82 Å². The number of hydrogen-bond acceptors (Lipinski definition) is 2. The molecule has 2 atom stereocenters. The maximum absolute atomic E-state index is 13.7. The highest BCUT2D eigenvalue weighted by atomic mass is 19.1. The van der Waals surface area contributed by atoms with E-state index in [4.69, 9.17) is 5.73 Å². The van der Waals surface area contributed by atoms with E-state index in [2.05, 4.69) is 6.92 Å². The Morgan fingerprint density at radius 2 is 2.18 bits per heavy atom. The number of nitrogen functional groups attached to an aromatic ring is 1. The number of amides is 1. The van der Waals surface area contributed by atoms with Crippen molar-refractivity contribution in [2.75, 3.05) is 12.3 Å². The van der Waals surface area contributed by atoms with Gasteiger partial charge in [-0.2, -0.15) is 0 Å². The Hall–Kier alpha value is -1.58. The molecule has 17 heavy (non-hydrogen) atoms. The summed E-state index contributed by atoms with van der Waals surface area (Å²) in [5.74, 6) is -0.299. The van der Waals surface area contributed by atoms with Crippen LogP contribution < -0.4 is 5.73 Å². The minimum absolute atomic E-state index is 0.111. The van der Waals surface area contributed by atoms with E-state index in [1.54, 1.807) is 11.0 Å². The van der Waals surface area contributed by atoms with E-state index in [0.29, 0.717) is 18.2 Å². The van der Waals surface area contributed by atoms with Gasteiger partial charge in [0.2, 0.25) is 0 Å².